The Morgan fingerprint density at radius 1 is 1.39 bits per heavy atom. The zero-order chi connectivity index (χ0) is 12.8. The lowest BCUT2D eigenvalue weighted by molar-refractivity contribution is 0.169. The van der Waals surface area contributed by atoms with Crippen molar-refractivity contribution in [3.63, 3.8) is 0 Å². The summed E-state index contributed by atoms with van der Waals surface area (Å²) < 4.78 is 0. The summed E-state index contributed by atoms with van der Waals surface area (Å²) in [6.45, 7) is 6.83. The van der Waals surface area contributed by atoms with Crippen molar-refractivity contribution in [2.75, 3.05) is 26.7 Å². The standard InChI is InChI=1S/C15H26N2S/c1-3-16-12-15(8-4-5-9-15)13-17(2)11-14-7-6-10-18-14/h6-7,10,16H,3-5,8-9,11-13H2,1-2H3. The molecule has 2 nitrogen and oxygen atoms in total. The number of rotatable bonds is 7. The fraction of sp³-hybridized carbons (Fsp3) is 0.733. The predicted octanol–water partition coefficient (Wildman–Crippen LogP) is 3.35. The van der Waals surface area contributed by atoms with Gasteiger partial charge in [0.25, 0.3) is 0 Å². The van der Waals surface area contributed by atoms with Crippen molar-refractivity contribution in [2.45, 2.75) is 39.2 Å². The van der Waals surface area contributed by atoms with E-state index in [1.807, 2.05) is 11.3 Å². The van der Waals surface area contributed by atoms with Crippen molar-refractivity contribution >= 4 is 11.3 Å². The highest BCUT2D eigenvalue weighted by molar-refractivity contribution is 7.09. The highest BCUT2D eigenvalue weighted by Crippen LogP contribution is 2.38. The van der Waals surface area contributed by atoms with Crippen LogP contribution in [0.25, 0.3) is 0 Å². The van der Waals surface area contributed by atoms with Crippen LogP contribution in [0.15, 0.2) is 17.5 Å². The Balaban J connectivity index is 1.87. The maximum absolute atomic E-state index is 3.57. The molecule has 0 atom stereocenters. The summed E-state index contributed by atoms with van der Waals surface area (Å²) in [4.78, 5) is 3.99. The fourth-order valence-electron chi connectivity index (χ4n) is 3.20. The topological polar surface area (TPSA) is 15.3 Å². The first-order valence-electron chi connectivity index (χ1n) is 7.16. The summed E-state index contributed by atoms with van der Waals surface area (Å²) >= 11 is 1.87. The lowest BCUT2D eigenvalue weighted by Gasteiger charge is -2.33. The quantitative estimate of drug-likeness (QED) is 0.814. The van der Waals surface area contributed by atoms with E-state index in [2.05, 4.69) is 41.7 Å². The van der Waals surface area contributed by atoms with E-state index in [1.165, 1.54) is 43.6 Å². The smallest absolute Gasteiger partial charge is 0.0325 e. The van der Waals surface area contributed by atoms with Gasteiger partial charge >= 0.3 is 0 Å². The van der Waals surface area contributed by atoms with Gasteiger partial charge in [0, 0.05) is 24.5 Å². The third-order valence-corrected chi connectivity index (χ3v) is 4.89. The minimum absolute atomic E-state index is 0.530. The Morgan fingerprint density at radius 2 is 2.17 bits per heavy atom. The van der Waals surface area contributed by atoms with Crippen molar-refractivity contribution < 1.29 is 0 Å². The maximum atomic E-state index is 3.57. The number of hydrogen-bond donors (Lipinski definition) is 1. The second-order valence-electron chi connectivity index (χ2n) is 5.74. The van der Waals surface area contributed by atoms with Crippen LogP contribution >= 0.6 is 11.3 Å². The molecule has 1 aromatic rings. The highest BCUT2D eigenvalue weighted by Gasteiger charge is 2.34. The summed E-state index contributed by atoms with van der Waals surface area (Å²) in [6, 6.07) is 4.39. The molecule has 0 saturated heterocycles. The SMILES string of the molecule is CCNCC1(CN(C)Cc2cccs2)CCCC1. The van der Waals surface area contributed by atoms with Crippen LogP contribution in [0.5, 0.6) is 0 Å². The Hall–Kier alpha value is -0.380. The van der Waals surface area contributed by atoms with Crippen LogP contribution < -0.4 is 5.32 Å². The first kappa shape index (κ1) is 14.0. The van der Waals surface area contributed by atoms with Gasteiger partial charge in [-0.05, 0) is 43.3 Å². The molecule has 0 amide bonds. The molecule has 0 bridgehead atoms. The molecule has 1 aliphatic carbocycles. The molecule has 1 heterocycles. The molecule has 102 valence electrons. The monoisotopic (exact) mass is 266 g/mol. The maximum Gasteiger partial charge on any atom is 0.0325 e. The molecule has 0 spiro atoms. The van der Waals surface area contributed by atoms with E-state index in [0.717, 1.165) is 13.1 Å². The van der Waals surface area contributed by atoms with Crippen LogP contribution in [-0.4, -0.2) is 31.6 Å². The molecule has 18 heavy (non-hydrogen) atoms. The molecule has 1 aromatic heterocycles. The number of nitrogens with zero attached hydrogens (tertiary/aromatic N) is 1. The van der Waals surface area contributed by atoms with Crippen LogP contribution in [0.1, 0.15) is 37.5 Å². The summed E-state index contributed by atoms with van der Waals surface area (Å²) in [5, 5.41) is 5.74. The lowest BCUT2D eigenvalue weighted by atomic mass is 9.85. The Morgan fingerprint density at radius 3 is 2.78 bits per heavy atom. The van der Waals surface area contributed by atoms with Crippen LogP contribution in [0.3, 0.4) is 0 Å². The number of hydrogen-bond acceptors (Lipinski definition) is 3. The third-order valence-electron chi connectivity index (χ3n) is 4.03. The molecule has 1 aliphatic rings. The average Bonchev–Trinajstić information content (AvgIpc) is 2.99. The predicted molar refractivity (Wildman–Crippen MR) is 80.1 cm³/mol. The molecule has 2 rings (SSSR count). The summed E-state index contributed by atoms with van der Waals surface area (Å²) in [5.74, 6) is 0. The Kier molecular flexibility index (Phi) is 5.22. The summed E-state index contributed by atoms with van der Waals surface area (Å²) in [5.41, 5.74) is 0.530. The largest absolute Gasteiger partial charge is 0.316 e. The van der Waals surface area contributed by atoms with Gasteiger partial charge in [-0.15, -0.1) is 11.3 Å². The number of nitrogens with one attached hydrogen (secondary N) is 1. The molecule has 0 unspecified atom stereocenters. The van der Waals surface area contributed by atoms with Crippen LogP contribution in [0, 0.1) is 5.41 Å². The van der Waals surface area contributed by atoms with Crippen molar-refractivity contribution in [3.05, 3.63) is 22.4 Å². The molecular formula is C15H26N2S. The third kappa shape index (κ3) is 3.81. The van der Waals surface area contributed by atoms with E-state index < -0.39 is 0 Å². The lowest BCUT2D eigenvalue weighted by Crippen LogP contribution is -2.41. The van der Waals surface area contributed by atoms with E-state index in [1.54, 1.807) is 0 Å². The van der Waals surface area contributed by atoms with E-state index in [0.29, 0.717) is 5.41 Å². The summed E-state index contributed by atoms with van der Waals surface area (Å²) in [6.07, 6.45) is 5.63. The summed E-state index contributed by atoms with van der Waals surface area (Å²) in [7, 11) is 2.27. The second-order valence-corrected chi connectivity index (χ2v) is 6.77. The highest BCUT2D eigenvalue weighted by atomic mass is 32.1. The Bertz CT molecular complexity index is 328. The van der Waals surface area contributed by atoms with Gasteiger partial charge in [0.05, 0.1) is 0 Å². The zero-order valence-electron chi connectivity index (χ0n) is 11.7. The minimum Gasteiger partial charge on any atom is -0.316 e. The van der Waals surface area contributed by atoms with E-state index in [9.17, 15) is 0 Å². The normalized spacial score (nSPS) is 18.6. The van der Waals surface area contributed by atoms with Crippen molar-refractivity contribution in [1.82, 2.24) is 10.2 Å². The van der Waals surface area contributed by atoms with Crippen LogP contribution in [0.2, 0.25) is 0 Å². The molecule has 1 fully saturated rings. The molecule has 0 aliphatic heterocycles. The van der Waals surface area contributed by atoms with Gasteiger partial charge in [0.1, 0.15) is 0 Å². The van der Waals surface area contributed by atoms with Crippen molar-refractivity contribution in [2.24, 2.45) is 5.41 Å². The van der Waals surface area contributed by atoms with Crippen LogP contribution in [-0.2, 0) is 6.54 Å². The zero-order valence-corrected chi connectivity index (χ0v) is 12.6. The number of thiophene rings is 1. The first-order chi connectivity index (χ1) is 8.74. The molecule has 1 N–H and O–H groups in total. The van der Waals surface area contributed by atoms with Crippen LogP contribution in [0.4, 0.5) is 0 Å². The molecule has 1 saturated carbocycles. The van der Waals surface area contributed by atoms with Crippen molar-refractivity contribution in [1.29, 1.82) is 0 Å². The van der Waals surface area contributed by atoms with Gasteiger partial charge in [0.2, 0.25) is 0 Å². The average molecular weight is 266 g/mol. The van der Waals surface area contributed by atoms with Gasteiger partial charge in [-0.25, -0.2) is 0 Å². The van der Waals surface area contributed by atoms with Gasteiger partial charge in [-0.3, -0.25) is 0 Å². The molecular weight excluding hydrogens is 240 g/mol. The van der Waals surface area contributed by atoms with E-state index in [-0.39, 0.29) is 0 Å². The van der Waals surface area contributed by atoms with Gasteiger partial charge in [-0.2, -0.15) is 0 Å². The molecule has 0 aromatic carbocycles. The molecule has 3 heteroatoms. The van der Waals surface area contributed by atoms with Crippen molar-refractivity contribution in [3.8, 4) is 0 Å². The van der Waals surface area contributed by atoms with Gasteiger partial charge in [-0.1, -0.05) is 25.8 Å². The first-order valence-corrected chi connectivity index (χ1v) is 8.04. The van der Waals surface area contributed by atoms with Gasteiger partial charge in [0.15, 0.2) is 0 Å². The van der Waals surface area contributed by atoms with E-state index in [4.69, 9.17) is 0 Å². The second kappa shape index (κ2) is 6.69. The van der Waals surface area contributed by atoms with Gasteiger partial charge < -0.3 is 10.2 Å². The molecule has 0 radical (unpaired) electrons. The Labute approximate surface area is 115 Å². The minimum atomic E-state index is 0.530. The van der Waals surface area contributed by atoms with E-state index >= 15 is 0 Å². The fourth-order valence-corrected chi connectivity index (χ4v) is 3.99.